The summed E-state index contributed by atoms with van der Waals surface area (Å²) in [7, 11) is 3.54. The highest BCUT2D eigenvalue weighted by Gasteiger charge is 2.34. The largest absolute Gasteiger partial charge is 0.355 e. The summed E-state index contributed by atoms with van der Waals surface area (Å²) in [6, 6.07) is 15.5. The molecule has 2 amide bonds. The number of rotatable bonds is 7. The fraction of sp³-hybridized carbons (Fsp3) is 0.261. The monoisotopic (exact) mass is 452 g/mol. The predicted octanol–water partition coefficient (Wildman–Crippen LogP) is 3.98. The third kappa shape index (κ3) is 4.92. The second kappa shape index (κ2) is 9.55. The third-order valence-electron chi connectivity index (χ3n) is 5.14. The molecule has 0 radical (unpaired) electrons. The van der Waals surface area contributed by atoms with E-state index < -0.39 is 0 Å². The summed E-state index contributed by atoms with van der Waals surface area (Å²) < 4.78 is 0. The van der Waals surface area contributed by atoms with Gasteiger partial charge in [0.15, 0.2) is 0 Å². The van der Waals surface area contributed by atoms with Crippen LogP contribution in [0.4, 0.5) is 0 Å². The highest BCUT2D eigenvalue weighted by atomic mass is 32.1. The van der Waals surface area contributed by atoms with Gasteiger partial charge in [0.05, 0.1) is 23.2 Å². The van der Waals surface area contributed by atoms with Crippen molar-refractivity contribution >= 4 is 40.2 Å². The van der Waals surface area contributed by atoms with Crippen LogP contribution in [0.5, 0.6) is 0 Å². The zero-order valence-corrected chi connectivity index (χ0v) is 19.1. The lowest BCUT2D eigenvalue weighted by molar-refractivity contribution is -0.134. The Balaban J connectivity index is 1.44. The molecule has 0 bridgehead atoms. The number of carbonyl (C=O) groups excluding carboxylic acids is 2. The highest BCUT2D eigenvalue weighted by Crippen LogP contribution is 2.36. The fourth-order valence-corrected chi connectivity index (χ4v) is 5.14. The number of hydrogen-bond acceptors (Lipinski definition) is 6. The van der Waals surface area contributed by atoms with Crippen molar-refractivity contribution in [3.63, 3.8) is 0 Å². The first-order chi connectivity index (χ1) is 15.0. The number of likely N-dealkylation sites (N-methyl/N-ethyl adjacent to an activating group) is 1. The molecule has 4 rings (SSSR count). The number of carbonyl (C=O) groups is 2. The Bertz CT molecular complexity index is 1060. The first-order valence-corrected chi connectivity index (χ1v) is 11.8. The Labute approximate surface area is 189 Å². The van der Waals surface area contributed by atoms with Gasteiger partial charge in [-0.1, -0.05) is 24.3 Å². The van der Waals surface area contributed by atoms with E-state index >= 15 is 0 Å². The van der Waals surface area contributed by atoms with Crippen molar-refractivity contribution in [2.24, 2.45) is 5.10 Å². The molecule has 0 saturated heterocycles. The molecular weight excluding hydrogens is 428 g/mol. The first-order valence-electron chi connectivity index (χ1n) is 10.0. The molecule has 0 saturated carbocycles. The van der Waals surface area contributed by atoms with Gasteiger partial charge >= 0.3 is 0 Å². The van der Waals surface area contributed by atoms with Crippen molar-refractivity contribution in [1.29, 1.82) is 0 Å². The van der Waals surface area contributed by atoms with Crippen LogP contribution >= 0.6 is 22.7 Å². The number of amides is 2. The van der Waals surface area contributed by atoms with E-state index in [1.54, 1.807) is 46.9 Å². The van der Waals surface area contributed by atoms with E-state index in [4.69, 9.17) is 5.10 Å². The van der Waals surface area contributed by atoms with Gasteiger partial charge in [-0.2, -0.15) is 5.10 Å². The van der Waals surface area contributed by atoms with Crippen molar-refractivity contribution in [2.75, 3.05) is 20.6 Å². The van der Waals surface area contributed by atoms with Crippen molar-refractivity contribution in [2.45, 2.75) is 19.0 Å². The molecule has 3 heterocycles. The summed E-state index contributed by atoms with van der Waals surface area (Å²) >= 11 is 3.31. The van der Waals surface area contributed by atoms with Crippen LogP contribution in [0.3, 0.4) is 0 Å². The van der Waals surface area contributed by atoms with Gasteiger partial charge in [-0.3, -0.25) is 14.5 Å². The molecule has 6 nitrogen and oxygen atoms in total. The molecule has 1 unspecified atom stereocenters. The van der Waals surface area contributed by atoms with Gasteiger partial charge in [-0.25, -0.2) is 5.01 Å². The highest BCUT2D eigenvalue weighted by molar-refractivity contribution is 7.12. The number of thiophene rings is 2. The van der Waals surface area contributed by atoms with E-state index in [-0.39, 0.29) is 24.4 Å². The Kier molecular flexibility index (Phi) is 6.60. The van der Waals surface area contributed by atoms with Crippen LogP contribution in [0.2, 0.25) is 0 Å². The standard InChI is InChI=1S/C23H24N4O2S2/c1-24-23(29)17-9-7-16(8-10-17)14-26(2)15-22(28)27-19(21-6-4-12-31-21)13-18(25-27)20-5-3-11-30-20/h3-12,19H,13-15H2,1-2H3,(H,24,29). The molecule has 2 aromatic heterocycles. The molecule has 1 N–H and O–H groups in total. The van der Waals surface area contributed by atoms with Crippen molar-refractivity contribution in [3.8, 4) is 0 Å². The van der Waals surface area contributed by atoms with Crippen LogP contribution < -0.4 is 5.32 Å². The first kappa shape index (κ1) is 21.4. The predicted molar refractivity (Wildman–Crippen MR) is 126 cm³/mol. The Hall–Kier alpha value is -2.81. The molecule has 8 heteroatoms. The SMILES string of the molecule is CNC(=O)c1ccc(CN(C)CC(=O)N2N=C(c3cccs3)CC2c2cccs2)cc1. The maximum atomic E-state index is 13.2. The molecule has 1 aliphatic heterocycles. The zero-order chi connectivity index (χ0) is 21.8. The summed E-state index contributed by atoms with van der Waals surface area (Å²) in [4.78, 5) is 29.1. The Morgan fingerprint density at radius 3 is 2.52 bits per heavy atom. The molecule has 31 heavy (non-hydrogen) atoms. The number of hydrazone groups is 1. The maximum Gasteiger partial charge on any atom is 0.257 e. The van der Waals surface area contributed by atoms with Crippen molar-refractivity contribution in [3.05, 3.63) is 80.2 Å². The smallest absolute Gasteiger partial charge is 0.257 e. The van der Waals surface area contributed by atoms with Gasteiger partial charge in [0.25, 0.3) is 11.8 Å². The van der Waals surface area contributed by atoms with Gasteiger partial charge in [0, 0.05) is 30.5 Å². The van der Waals surface area contributed by atoms with Gasteiger partial charge in [0.2, 0.25) is 0 Å². The number of hydrogen-bond donors (Lipinski definition) is 1. The summed E-state index contributed by atoms with van der Waals surface area (Å²) in [5.41, 5.74) is 2.63. The number of nitrogens with zero attached hydrogens (tertiary/aromatic N) is 3. The van der Waals surface area contributed by atoms with Crippen LogP contribution in [0, 0.1) is 0 Å². The van der Waals surface area contributed by atoms with Crippen LogP contribution in [-0.2, 0) is 11.3 Å². The normalized spacial score (nSPS) is 15.9. The minimum absolute atomic E-state index is 0.0190. The number of benzene rings is 1. The van der Waals surface area contributed by atoms with E-state index in [9.17, 15) is 9.59 Å². The summed E-state index contributed by atoms with van der Waals surface area (Å²) in [5.74, 6) is -0.127. The van der Waals surface area contributed by atoms with E-state index in [1.807, 2.05) is 47.0 Å². The van der Waals surface area contributed by atoms with Gasteiger partial charge in [-0.15, -0.1) is 22.7 Å². The van der Waals surface area contributed by atoms with E-state index in [0.717, 1.165) is 27.5 Å². The second-order valence-corrected chi connectivity index (χ2v) is 9.37. The lowest BCUT2D eigenvalue weighted by Crippen LogP contribution is -2.36. The summed E-state index contributed by atoms with van der Waals surface area (Å²) in [6.07, 6.45) is 0.734. The Morgan fingerprint density at radius 2 is 1.87 bits per heavy atom. The Morgan fingerprint density at radius 1 is 1.13 bits per heavy atom. The lowest BCUT2D eigenvalue weighted by Gasteiger charge is -2.24. The molecule has 1 aliphatic rings. The molecule has 1 aromatic carbocycles. The van der Waals surface area contributed by atoms with E-state index in [1.165, 1.54) is 0 Å². The summed E-state index contributed by atoms with van der Waals surface area (Å²) in [5, 5.41) is 13.1. The van der Waals surface area contributed by atoms with Gasteiger partial charge in [-0.05, 0) is 47.6 Å². The van der Waals surface area contributed by atoms with E-state index in [0.29, 0.717) is 12.1 Å². The molecule has 3 aromatic rings. The fourth-order valence-electron chi connectivity index (χ4n) is 3.61. The molecule has 0 fully saturated rings. The minimum Gasteiger partial charge on any atom is -0.355 e. The quantitative estimate of drug-likeness (QED) is 0.590. The van der Waals surface area contributed by atoms with Crippen LogP contribution in [0.1, 0.15) is 38.1 Å². The average molecular weight is 453 g/mol. The lowest BCUT2D eigenvalue weighted by atomic mass is 10.1. The number of nitrogens with one attached hydrogen (secondary N) is 1. The molecule has 0 spiro atoms. The topological polar surface area (TPSA) is 65.0 Å². The molecule has 160 valence electrons. The van der Waals surface area contributed by atoms with Gasteiger partial charge in [0.1, 0.15) is 0 Å². The minimum atomic E-state index is -0.108. The van der Waals surface area contributed by atoms with Crippen molar-refractivity contribution in [1.82, 2.24) is 15.2 Å². The zero-order valence-electron chi connectivity index (χ0n) is 17.4. The molecule has 0 aliphatic carbocycles. The van der Waals surface area contributed by atoms with Crippen LogP contribution in [0.25, 0.3) is 0 Å². The summed E-state index contributed by atoms with van der Waals surface area (Å²) in [6.45, 7) is 0.874. The maximum absolute atomic E-state index is 13.2. The van der Waals surface area contributed by atoms with Crippen molar-refractivity contribution < 1.29 is 9.59 Å². The van der Waals surface area contributed by atoms with Gasteiger partial charge < -0.3 is 5.32 Å². The second-order valence-electron chi connectivity index (χ2n) is 7.45. The van der Waals surface area contributed by atoms with Crippen LogP contribution in [0.15, 0.2) is 64.4 Å². The molecular formula is C23H24N4O2S2. The van der Waals surface area contributed by atoms with Crippen LogP contribution in [-0.4, -0.2) is 48.1 Å². The third-order valence-corrected chi connectivity index (χ3v) is 7.04. The molecule has 1 atom stereocenters. The average Bonchev–Trinajstić information content (AvgIpc) is 3.54. The van der Waals surface area contributed by atoms with E-state index in [2.05, 4.69) is 17.4 Å².